The molecule has 0 aromatic rings. The van der Waals surface area contributed by atoms with E-state index in [1.165, 1.54) is 9.21 Å². The van der Waals surface area contributed by atoms with E-state index in [0.717, 1.165) is 0 Å². The summed E-state index contributed by atoms with van der Waals surface area (Å²) < 4.78 is 50.7. The summed E-state index contributed by atoms with van der Waals surface area (Å²) in [6, 6.07) is 0. The topological polar surface area (TPSA) is 91.8 Å². The molecule has 0 bridgehead atoms. The molecule has 0 aromatic heterocycles. The van der Waals surface area contributed by atoms with E-state index in [1.54, 1.807) is 14.1 Å². The van der Waals surface area contributed by atoms with Crippen molar-refractivity contribution in [3.8, 4) is 0 Å². The number of hydrogen-bond acceptors (Lipinski definition) is 5. The first-order chi connectivity index (χ1) is 10.1. The van der Waals surface area contributed by atoms with Crippen LogP contribution in [-0.2, 0) is 24.7 Å². The number of carbonyl (C=O) groups is 1. The fraction of sp³-hybridized carbons (Fsp3) is 0.923. The predicted octanol–water partition coefficient (Wildman–Crippen LogP) is -0.698. The minimum atomic E-state index is -3.40. The van der Waals surface area contributed by atoms with Gasteiger partial charge in [0.1, 0.15) is 0 Å². The van der Waals surface area contributed by atoms with Gasteiger partial charge in [-0.1, -0.05) is 0 Å². The molecule has 9 heteroatoms. The van der Waals surface area contributed by atoms with Crippen LogP contribution in [0.4, 0.5) is 0 Å². The van der Waals surface area contributed by atoms with Crippen LogP contribution in [0, 0.1) is 11.8 Å². The number of rotatable bonds is 3. The van der Waals surface area contributed by atoms with E-state index in [4.69, 9.17) is 0 Å². The molecule has 126 valence electrons. The lowest BCUT2D eigenvalue weighted by Gasteiger charge is -2.33. The Morgan fingerprint density at radius 2 is 1.77 bits per heavy atom. The SMILES string of the molecule is CN(C)C(=O)[C@@H]1CCS(=O)(=O)[C@H]2CN(S(=O)(=O)C3CC3)C[C@@H]12. The van der Waals surface area contributed by atoms with Crippen molar-refractivity contribution in [3.63, 3.8) is 0 Å². The third-order valence-corrected chi connectivity index (χ3v) is 9.59. The van der Waals surface area contributed by atoms with Gasteiger partial charge < -0.3 is 4.90 Å². The minimum Gasteiger partial charge on any atom is -0.349 e. The fourth-order valence-electron chi connectivity index (χ4n) is 3.61. The average molecular weight is 350 g/mol. The minimum absolute atomic E-state index is 0.0169. The predicted molar refractivity (Wildman–Crippen MR) is 81.4 cm³/mol. The van der Waals surface area contributed by atoms with Crippen molar-refractivity contribution >= 4 is 25.8 Å². The maximum Gasteiger partial charge on any atom is 0.225 e. The Kier molecular flexibility index (Phi) is 3.81. The number of sulfone groups is 1. The van der Waals surface area contributed by atoms with Gasteiger partial charge >= 0.3 is 0 Å². The molecule has 3 aliphatic rings. The third kappa shape index (κ3) is 2.56. The van der Waals surface area contributed by atoms with Crippen molar-refractivity contribution in [1.82, 2.24) is 9.21 Å². The molecule has 1 amide bonds. The van der Waals surface area contributed by atoms with Crippen molar-refractivity contribution in [2.45, 2.75) is 29.8 Å². The third-order valence-electron chi connectivity index (χ3n) is 5.03. The molecule has 2 saturated heterocycles. The standard InChI is InChI=1S/C13H22N2O5S2/c1-14(2)13(16)10-5-6-21(17,18)12-8-15(7-11(10)12)22(19,20)9-3-4-9/h9-12H,3-8H2,1-2H3/t10-,11+,12+/m1/s1. The zero-order valence-corrected chi connectivity index (χ0v) is 14.4. The average Bonchev–Trinajstić information content (AvgIpc) is 3.17. The molecule has 3 atom stereocenters. The Labute approximate surface area is 131 Å². The van der Waals surface area contributed by atoms with Gasteiger partial charge in [-0.2, -0.15) is 0 Å². The van der Waals surface area contributed by atoms with Crippen molar-refractivity contribution in [2.24, 2.45) is 11.8 Å². The molecule has 1 aliphatic carbocycles. The second-order valence-corrected chi connectivity index (χ2v) is 11.3. The van der Waals surface area contributed by atoms with Crippen LogP contribution in [0.5, 0.6) is 0 Å². The molecule has 2 aliphatic heterocycles. The van der Waals surface area contributed by atoms with Crippen LogP contribution in [0.1, 0.15) is 19.3 Å². The Balaban J connectivity index is 1.89. The normalized spacial score (nSPS) is 35.1. The maximum absolute atomic E-state index is 12.4. The first-order valence-electron chi connectivity index (χ1n) is 7.56. The summed E-state index contributed by atoms with van der Waals surface area (Å²) in [7, 11) is -3.43. The highest BCUT2D eigenvalue weighted by Crippen LogP contribution is 2.41. The molecule has 3 fully saturated rings. The molecule has 0 spiro atoms. The Hall–Kier alpha value is -0.670. The number of carbonyl (C=O) groups excluding carboxylic acids is 1. The first kappa shape index (κ1) is 16.2. The summed E-state index contributed by atoms with van der Waals surface area (Å²) >= 11 is 0. The molecule has 0 N–H and O–H groups in total. The van der Waals surface area contributed by atoms with Gasteiger partial charge in [0.15, 0.2) is 9.84 Å². The highest BCUT2D eigenvalue weighted by atomic mass is 32.2. The molecule has 0 aromatic carbocycles. The van der Waals surface area contributed by atoms with Crippen LogP contribution < -0.4 is 0 Å². The van der Waals surface area contributed by atoms with Crippen LogP contribution in [-0.4, -0.2) is 75.4 Å². The number of nitrogens with zero attached hydrogens (tertiary/aromatic N) is 2. The smallest absolute Gasteiger partial charge is 0.225 e. The molecule has 0 unspecified atom stereocenters. The highest BCUT2D eigenvalue weighted by Gasteiger charge is 2.54. The first-order valence-corrected chi connectivity index (χ1v) is 10.8. The van der Waals surface area contributed by atoms with E-state index in [1.807, 2.05) is 0 Å². The van der Waals surface area contributed by atoms with Crippen molar-refractivity contribution in [3.05, 3.63) is 0 Å². The van der Waals surface area contributed by atoms with E-state index >= 15 is 0 Å². The number of sulfonamides is 1. The van der Waals surface area contributed by atoms with Gasteiger partial charge in [0.2, 0.25) is 15.9 Å². The summed E-state index contributed by atoms with van der Waals surface area (Å²) in [6.45, 7) is 0.177. The lowest BCUT2D eigenvalue weighted by Crippen LogP contribution is -2.46. The molecule has 2 heterocycles. The Morgan fingerprint density at radius 3 is 2.32 bits per heavy atom. The summed E-state index contributed by atoms with van der Waals surface area (Å²) in [5.74, 6) is -0.948. The second-order valence-electron chi connectivity index (χ2n) is 6.76. The van der Waals surface area contributed by atoms with E-state index in [2.05, 4.69) is 0 Å². The Bertz CT molecular complexity index is 681. The molecule has 7 nitrogen and oxygen atoms in total. The van der Waals surface area contributed by atoms with Gasteiger partial charge in [0, 0.05) is 39.0 Å². The quantitative estimate of drug-likeness (QED) is 0.671. The molecular weight excluding hydrogens is 328 g/mol. The van der Waals surface area contributed by atoms with Crippen LogP contribution >= 0.6 is 0 Å². The summed E-state index contributed by atoms with van der Waals surface area (Å²) in [6.07, 6.45) is 1.60. The van der Waals surface area contributed by atoms with Gasteiger partial charge in [-0.15, -0.1) is 0 Å². The fourth-order valence-corrected chi connectivity index (χ4v) is 7.71. The molecule has 1 saturated carbocycles. The molecule has 3 rings (SSSR count). The van der Waals surface area contributed by atoms with E-state index in [9.17, 15) is 21.6 Å². The van der Waals surface area contributed by atoms with E-state index < -0.39 is 36.9 Å². The molecule has 0 radical (unpaired) electrons. The van der Waals surface area contributed by atoms with Gasteiger partial charge in [-0.25, -0.2) is 21.1 Å². The lowest BCUT2D eigenvalue weighted by atomic mass is 9.87. The van der Waals surface area contributed by atoms with Crippen LogP contribution in [0.3, 0.4) is 0 Å². The zero-order chi connectivity index (χ0) is 16.3. The molecule has 22 heavy (non-hydrogen) atoms. The van der Waals surface area contributed by atoms with Gasteiger partial charge in [-0.3, -0.25) is 4.79 Å². The van der Waals surface area contributed by atoms with Crippen LogP contribution in [0.25, 0.3) is 0 Å². The summed E-state index contributed by atoms with van der Waals surface area (Å²) in [4.78, 5) is 13.8. The monoisotopic (exact) mass is 350 g/mol. The van der Waals surface area contributed by atoms with Crippen LogP contribution in [0.15, 0.2) is 0 Å². The second kappa shape index (κ2) is 5.17. The van der Waals surface area contributed by atoms with Gasteiger partial charge in [-0.05, 0) is 19.3 Å². The van der Waals surface area contributed by atoms with Crippen LogP contribution in [0.2, 0.25) is 0 Å². The Morgan fingerprint density at radius 1 is 1.14 bits per heavy atom. The summed E-state index contributed by atoms with van der Waals surface area (Å²) in [5.41, 5.74) is 0. The number of amides is 1. The zero-order valence-electron chi connectivity index (χ0n) is 12.8. The van der Waals surface area contributed by atoms with Gasteiger partial charge in [0.05, 0.1) is 16.3 Å². The van der Waals surface area contributed by atoms with E-state index in [-0.39, 0.29) is 36.4 Å². The van der Waals surface area contributed by atoms with Crippen molar-refractivity contribution in [2.75, 3.05) is 32.9 Å². The van der Waals surface area contributed by atoms with Crippen molar-refractivity contribution in [1.29, 1.82) is 0 Å². The van der Waals surface area contributed by atoms with Gasteiger partial charge in [0.25, 0.3) is 0 Å². The lowest BCUT2D eigenvalue weighted by molar-refractivity contribution is -0.134. The number of hydrogen-bond donors (Lipinski definition) is 0. The largest absolute Gasteiger partial charge is 0.349 e. The van der Waals surface area contributed by atoms with Crippen molar-refractivity contribution < 1.29 is 21.6 Å². The maximum atomic E-state index is 12.4. The highest BCUT2D eigenvalue weighted by molar-refractivity contribution is 7.92. The van der Waals surface area contributed by atoms with E-state index in [0.29, 0.717) is 12.8 Å². The summed E-state index contributed by atoms with van der Waals surface area (Å²) in [5, 5.41) is -1.08. The number of fused-ring (bicyclic) bond motifs is 1. The molecular formula is C13H22N2O5S2.